The van der Waals surface area contributed by atoms with Crippen LogP contribution in [0, 0.1) is 5.92 Å². The summed E-state index contributed by atoms with van der Waals surface area (Å²) in [5, 5.41) is 10.5. The van der Waals surface area contributed by atoms with E-state index in [4.69, 9.17) is 4.74 Å². The summed E-state index contributed by atoms with van der Waals surface area (Å²) in [5.41, 5.74) is 1.26. The van der Waals surface area contributed by atoms with Gasteiger partial charge in [0.05, 0.1) is 6.10 Å². The second-order valence-electron chi connectivity index (χ2n) is 5.28. The average molecular weight is 248 g/mol. The smallest absolute Gasteiger partial charge is 0.0611 e. The maximum absolute atomic E-state index is 10.5. The molecule has 0 saturated carbocycles. The van der Waals surface area contributed by atoms with Crippen molar-refractivity contribution in [1.29, 1.82) is 0 Å². The lowest BCUT2D eigenvalue weighted by atomic mass is 9.84. The fourth-order valence-corrected chi connectivity index (χ4v) is 2.92. The van der Waals surface area contributed by atoms with E-state index in [1.165, 1.54) is 5.56 Å². The average Bonchev–Trinajstić information content (AvgIpc) is 2.42. The lowest BCUT2D eigenvalue weighted by Crippen LogP contribution is -2.25. The van der Waals surface area contributed by atoms with E-state index in [1.54, 1.807) is 0 Å². The Kier molecular flexibility index (Phi) is 5.21. The molecule has 100 valence electrons. The number of aliphatic hydroxyl groups excluding tert-OH is 1. The highest BCUT2D eigenvalue weighted by atomic mass is 16.5. The molecule has 2 unspecified atom stereocenters. The molecule has 1 saturated heterocycles. The number of hydrogen-bond acceptors (Lipinski definition) is 2. The Morgan fingerprint density at radius 1 is 1.22 bits per heavy atom. The van der Waals surface area contributed by atoms with Crippen LogP contribution in [0.25, 0.3) is 0 Å². The zero-order chi connectivity index (χ0) is 12.8. The Morgan fingerprint density at radius 2 is 1.89 bits per heavy atom. The van der Waals surface area contributed by atoms with Gasteiger partial charge in [0.2, 0.25) is 0 Å². The van der Waals surface area contributed by atoms with Crippen molar-refractivity contribution < 1.29 is 9.84 Å². The summed E-state index contributed by atoms with van der Waals surface area (Å²) in [6.07, 6.45) is 3.89. The Morgan fingerprint density at radius 3 is 2.50 bits per heavy atom. The van der Waals surface area contributed by atoms with E-state index < -0.39 is 0 Å². The highest BCUT2D eigenvalue weighted by Gasteiger charge is 2.24. The Balaban J connectivity index is 1.94. The van der Waals surface area contributed by atoms with Crippen LogP contribution >= 0.6 is 0 Å². The normalized spacial score (nSPS) is 20.6. The molecule has 2 atom stereocenters. The van der Waals surface area contributed by atoms with Gasteiger partial charge in [-0.25, -0.2) is 0 Å². The fraction of sp³-hybridized carbons (Fsp3) is 0.625. The second kappa shape index (κ2) is 6.91. The third kappa shape index (κ3) is 3.56. The number of aliphatic hydroxyl groups is 1. The Labute approximate surface area is 110 Å². The molecular weight excluding hydrogens is 224 g/mol. The van der Waals surface area contributed by atoms with Crippen LogP contribution in [0.15, 0.2) is 30.3 Å². The third-order valence-corrected chi connectivity index (χ3v) is 4.05. The van der Waals surface area contributed by atoms with Gasteiger partial charge in [0, 0.05) is 19.1 Å². The van der Waals surface area contributed by atoms with Gasteiger partial charge in [-0.2, -0.15) is 0 Å². The van der Waals surface area contributed by atoms with E-state index in [1.807, 2.05) is 6.07 Å². The van der Waals surface area contributed by atoms with E-state index in [9.17, 15) is 5.11 Å². The molecule has 1 fully saturated rings. The van der Waals surface area contributed by atoms with Gasteiger partial charge < -0.3 is 9.84 Å². The molecule has 1 aliphatic heterocycles. The standard InChI is InChI=1S/C16H24O2/c1-2-15(14-6-4-3-5-7-14)16(17)12-13-8-10-18-11-9-13/h3-7,13,15-17H,2,8-12H2,1H3. The van der Waals surface area contributed by atoms with Crippen LogP contribution in [0.3, 0.4) is 0 Å². The van der Waals surface area contributed by atoms with Gasteiger partial charge in [-0.1, -0.05) is 37.3 Å². The Hall–Kier alpha value is -0.860. The molecule has 1 aromatic rings. The van der Waals surface area contributed by atoms with Gasteiger partial charge >= 0.3 is 0 Å². The van der Waals surface area contributed by atoms with Crippen molar-refractivity contribution in [3.05, 3.63) is 35.9 Å². The minimum atomic E-state index is -0.222. The monoisotopic (exact) mass is 248 g/mol. The SMILES string of the molecule is CCC(c1ccccc1)C(O)CC1CCOCC1. The number of ether oxygens (including phenoxy) is 1. The summed E-state index contributed by atoms with van der Waals surface area (Å²) >= 11 is 0. The third-order valence-electron chi connectivity index (χ3n) is 4.05. The minimum Gasteiger partial charge on any atom is -0.392 e. The van der Waals surface area contributed by atoms with Gasteiger partial charge in [-0.05, 0) is 37.2 Å². The molecule has 1 N–H and O–H groups in total. The lowest BCUT2D eigenvalue weighted by molar-refractivity contribution is 0.0370. The van der Waals surface area contributed by atoms with Crippen molar-refractivity contribution in [3.8, 4) is 0 Å². The van der Waals surface area contributed by atoms with E-state index >= 15 is 0 Å². The molecule has 2 rings (SSSR count). The largest absolute Gasteiger partial charge is 0.392 e. The summed E-state index contributed by atoms with van der Waals surface area (Å²) in [6.45, 7) is 3.88. The molecule has 0 aromatic heterocycles. The minimum absolute atomic E-state index is 0.222. The number of hydrogen-bond donors (Lipinski definition) is 1. The molecule has 0 aliphatic carbocycles. The molecule has 0 radical (unpaired) electrons. The zero-order valence-corrected chi connectivity index (χ0v) is 11.2. The van der Waals surface area contributed by atoms with Crippen LogP contribution in [-0.4, -0.2) is 24.4 Å². The van der Waals surface area contributed by atoms with E-state index in [0.29, 0.717) is 5.92 Å². The topological polar surface area (TPSA) is 29.5 Å². The molecule has 1 aliphatic rings. The van der Waals surface area contributed by atoms with Crippen molar-refractivity contribution in [3.63, 3.8) is 0 Å². The fourth-order valence-electron chi connectivity index (χ4n) is 2.92. The molecular formula is C16H24O2. The molecule has 0 spiro atoms. The summed E-state index contributed by atoms with van der Waals surface area (Å²) < 4.78 is 5.37. The first-order chi connectivity index (χ1) is 8.81. The van der Waals surface area contributed by atoms with Crippen LogP contribution in [0.2, 0.25) is 0 Å². The van der Waals surface area contributed by atoms with Crippen molar-refractivity contribution in [2.45, 2.75) is 44.6 Å². The molecule has 2 nitrogen and oxygen atoms in total. The summed E-state index contributed by atoms with van der Waals surface area (Å²) in [4.78, 5) is 0. The molecule has 0 amide bonds. The zero-order valence-electron chi connectivity index (χ0n) is 11.2. The van der Waals surface area contributed by atoms with Gasteiger partial charge in [0.15, 0.2) is 0 Å². The van der Waals surface area contributed by atoms with Crippen LogP contribution in [-0.2, 0) is 4.74 Å². The quantitative estimate of drug-likeness (QED) is 0.866. The first-order valence-electron chi connectivity index (χ1n) is 7.12. The van der Waals surface area contributed by atoms with Crippen LogP contribution < -0.4 is 0 Å². The van der Waals surface area contributed by atoms with E-state index in [-0.39, 0.29) is 12.0 Å². The second-order valence-corrected chi connectivity index (χ2v) is 5.28. The molecule has 1 heterocycles. The van der Waals surface area contributed by atoms with Gasteiger partial charge in [-0.3, -0.25) is 0 Å². The number of rotatable bonds is 5. The van der Waals surface area contributed by atoms with E-state index in [0.717, 1.165) is 38.9 Å². The maximum Gasteiger partial charge on any atom is 0.0611 e. The van der Waals surface area contributed by atoms with Crippen LogP contribution in [0.4, 0.5) is 0 Å². The Bertz CT molecular complexity index is 330. The highest BCUT2D eigenvalue weighted by Crippen LogP contribution is 2.30. The van der Waals surface area contributed by atoms with Crippen LogP contribution in [0.5, 0.6) is 0 Å². The summed E-state index contributed by atoms with van der Waals surface area (Å²) in [7, 11) is 0. The van der Waals surface area contributed by atoms with Gasteiger partial charge in [0.25, 0.3) is 0 Å². The first kappa shape index (κ1) is 13.6. The lowest BCUT2D eigenvalue weighted by Gasteiger charge is -2.28. The van der Waals surface area contributed by atoms with Gasteiger partial charge in [0.1, 0.15) is 0 Å². The molecule has 18 heavy (non-hydrogen) atoms. The summed E-state index contributed by atoms with van der Waals surface area (Å²) in [6, 6.07) is 10.4. The van der Waals surface area contributed by atoms with Crippen molar-refractivity contribution in [2.24, 2.45) is 5.92 Å². The molecule has 1 aromatic carbocycles. The highest BCUT2D eigenvalue weighted by molar-refractivity contribution is 5.20. The van der Waals surface area contributed by atoms with Gasteiger partial charge in [-0.15, -0.1) is 0 Å². The van der Waals surface area contributed by atoms with Crippen LogP contribution in [0.1, 0.15) is 44.1 Å². The van der Waals surface area contributed by atoms with E-state index in [2.05, 4.69) is 31.2 Å². The first-order valence-corrected chi connectivity index (χ1v) is 7.12. The van der Waals surface area contributed by atoms with Crippen molar-refractivity contribution in [2.75, 3.05) is 13.2 Å². The van der Waals surface area contributed by atoms with Crippen molar-refractivity contribution >= 4 is 0 Å². The maximum atomic E-state index is 10.5. The predicted octanol–water partition coefficient (Wildman–Crippen LogP) is 3.36. The molecule has 2 heteroatoms. The number of benzene rings is 1. The summed E-state index contributed by atoms with van der Waals surface area (Å²) in [5.74, 6) is 0.903. The van der Waals surface area contributed by atoms with Crippen molar-refractivity contribution in [1.82, 2.24) is 0 Å². The molecule has 0 bridgehead atoms. The predicted molar refractivity (Wildman–Crippen MR) is 73.6 cm³/mol.